The van der Waals surface area contributed by atoms with Crippen LogP contribution >= 0.6 is 11.6 Å². The average molecular weight is 196 g/mol. The van der Waals surface area contributed by atoms with E-state index in [1.54, 1.807) is 0 Å². The normalized spacial score (nSPS) is 26.0. The molecule has 1 nitrogen and oxygen atoms in total. The monoisotopic (exact) mass is 195 g/mol. The van der Waals surface area contributed by atoms with E-state index in [1.807, 2.05) is 19.2 Å². The highest BCUT2D eigenvalue weighted by Crippen LogP contribution is 2.48. The summed E-state index contributed by atoms with van der Waals surface area (Å²) in [6, 6.07) is 8.17. The largest absolute Gasteiger partial charge is 0.319 e. The van der Waals surface area contributed by atoms with Crippen molar-refractivity contribution in [3.05, 3.63) is 34.9 Å². The van der Waals surface area contributed by atoms with E-state index in [9.17, 15) is 0 Å². The fourth-order valence-electron chi connectivity index (χ4n) is 1.89. The fraction of sp³-hybridized carbons (Fsp3) is 0.455. The highest BCUT2D eigenvalue weighted by molar-refractivity contribution is 6.31. The zero-order valence-electron chi connectivity index (χ0n) is 7.76. The topological polar surface area (TPSA) is 12.0 Å². The molecule has 13 heavy (non-hydrogen) atoms. The Morgan fingerprint density at radius 3 is 2.92 bits per heavy atom. The molecule has 70 valence electrons. The van der Waals surface area contributed by atoms with E-state index in [1.165, 1.54) is 12.0 Å². The standard InChI is InChI=1S/C11H14ClN/c1-13-7-8-6-10(8)9-4-2-3-5-11(9)12/h2-5,8,10,13H,6-7H2,1H3/t8-,10-/m0/s1. The second kappa shape index (κ2) is 3.69. The summed E-state index contributed by atoms with van der Waals surface area (Å²) in [6.07, 6.45) is 1.28. The molecule has 2 rings (SSSR count). The lowest BCUT2D eigenvalue weighted by Crippen LogP contribution is -2.10. The van der Waals surface area contributed by atoms with Crippen molar-refractivity contribution >= 4 is 11.6 Å². The van der Waals surface area contributed by atoms with Crippen molar-refractivity contribution in [1.82, 2.24) is 5.32 Å². The summed E-state index contributed by atoms with van der Waals surface area (Å²) in [5, 5.41) is 4.13. The van der Waals surface area contributed by atoms with Crippen LogP contribution in [-0.2, 0) is 0 Å². The summed E-state index contributed by atoms with van der Waals surface area (Å²) in [5.74, 6) is 1.49. The molecule has 1 N–H and O–H groups in total. The molecule has 1 saturated carbocycles. The van der Waals surface area contributed by atoms with Gasteiger partial charge in [0.2, 0.25) is 0 Å². The molecule has 0 aromatic heterocycles. The minimum Gasteiger partial charge on any atom is -0.319 e. The van der Waals surface area contributed by atoms with E-state index in [2.05, 4.69) is 17.4 Å². The molecule has 0 saturated heterocycles. The van der Waals surface area contributed by atoms with Crippen LogP contribution in [0.5, 0.6) is 0 Å². The Morgan fingerprint density at radius 1 is 1.46 bits per heavy atom. The van der Waals surface area contributed by atoms with Crippen molar-refractivity contribution in [2.24, 2.45) is 5.92 Å². The number of rotatable bonds is 3. The first kappa shape index (κ1) is 9.04. The van der Waals surface area contributed by atoms with Crippen molar-refractivity contribution in [2.45, 2.75) is 12.3 Å². The lowest BCUT2D eigenvalue weighted by molar-refractivity contribution is 0.698. The van der Waals surface area contributed by atoms with Crippen molar-refractivity contribution in [3.63, 3.8) is 0 Å². The van der Waals surface area contributed by atoms with Crippen LogP contribution in [0.1, 0.15) is 17.9 Å². The minimum absolute atomic E-state index is 0.696. The van der Waals surface area contributed by atoms with Gasteiger partial charge in [-0.15, -0.1) is 0 Å². The Balaban J connectivity index is 2.07. The molecule has 0 aliphatic heterocycles. The van der Waals surface area contributed by atoms with Gasteiger partial charge in [0.05, 0.1) is 0 Å². The van der Waals surface area contributed by atoms with Gasteiger partial charge in [0.15, 0.2) is 0 Å². The van der Waals surface area contributed by atoms with Gasteiger partial charge in [-0.2, -0.15) is 0 Å². The molecule has 1 aromatic carbocycles. The molecule has 2 atom stereocenters. The number of nitrogens with one attached hydrogen (secondary N) is 1. The highest BCUT2D eigenvalue weighted by Gasteiger charge is 2.38. The summed E-state index contributed by atoms with van der Waals surface area (Å²) in [4.78, 5) is 0. The van der Waals surface area contributed by atoms with Crippen LogP contribution in [-0.4, -0.2) is 13.6 Å². The van der Waals surface area contributed by atoms with E-state index in [4.69, 9.17) is 11.6 Å². The summed E-state index contributed by atoms with van der Waals surface area (Å²) in [5.41, 5.74) is 1.32. The van der Waals surface area contributed by atoms with Gasteiger partial charge in [-0.25, -0.2) is 0 Å². The maximum atomic E-state index is 6.10. The Labute approximate surface area is 84.1 Å². The average Bonchev–Trinajstić information content (AvgIpc) is 2.86. The van der Waals surface area contributed by atoms with E-state index in [-0.39, 0.29) is 0 Å². The predicted octanol–water partition coefficient (Wildman–Crippen LogP) is 2.66. The van der Waals surface area contributed by atoms with Crippen LogP contribution in [0.4, 0.5) is 0 Å². The number of benzene rings is 1. The molecular formula is C11H14ClN. The molecule has 1 aliphatic carbocycles. The Kier molecular flexibility index (Phi) is 2.56. The quantitative estimate of drug-likeness (QED) is 0.782. The molecule has 0 heterocycles. The third kappa shape index (κ3) is 1.87. The number of hydrogen-bond donors (Lipinski definition) is 1. The van der Waals surface area contributed by atoms with Crippen molar-refractivity contribution in [1.29, 1.82) is 0 Å². The maximum Gasteiger partial charge on any atom is 0.0440 e. The van der Waals surface area contributed by atoms with Crippen LogP contribution in [0.15, 0.2) is 24.3 Å². The van der Waals surface area contributed by atoms with E-state index < -0.39 is 0 Å². The third-order valence-electron chi connectivity index (χ3n) is 2.69. The molecule has 2 heteroatoms. The van der Waals surface area contributed by atoms with E-state index in [0.717, 1.165) is 17.5 Å². The molecule has 1 aliphatic rings. The third-order valence-corrected chi connectivity index (χ3v) is 3.04. The van der Waals surface area contributed by atoms with Crippen LogP contribution in [0.3, 0.4) is 0 Å². The number of hydrogen-bond acceptors (Lipinski definition) is 1. The van der Waals surface area contributed by atoms with Gasteiger partial charge >= 0.3 is 0 Å². The molecule has 1 aromatic rings. The minimum atomic E-state index is 0.696. The highest BCUT2D eigenvalue weighted by atomic mass is 35.5. The second-order valence-electron chi connectivity index (χ2n) is 3.68. The SMILES string of the molecule is CNC[C@@H]1C[C@@H]1c1ccccc1Cl. The molecule has 0 unspecified atom stereocenters. The van der Waals surface area contributed by atoms with Crippen LogP contribution in [0.2, 0.25) is 5.02 Å². The van der Waals surface area contributed by atoms with Crippen molar-refractivity contribution in [3.8, 4) is 0 Å². The first-order valence-corrected chi connectivity index (χ1v) is 5.09. The maximum absolute atomic E-state index is 6.10. The van der Waals surface area contributed by atoms with Gasteiger partial charge in [0.25, 0.3) is 0 Å². The Hall–Kier alpha value is -0.530. The molecule has 1 fully saturated rings. The van der Waals surface area contributed by atoms with E-state index in [0.29, 0.717) is 5.92 Å². The van der Waals surface area contributed by atoms with Crippen molar-refractivity contribution < 1.29 is 0 Å². The van der Waals surface area contributed by atoms with Crippen molar-refractivity contribution in [2.75, 3.05) is 13.6 Å². The lowest BCUT2D eigenvalue weighted by Gasteiger charge is -2.02. The summed E-state index contributed by atoms with van der Waals surface area (Å²) >= 11 is 6.10. The van der Waals surface area contributed by atoms with Gasteiger partial charge in [0, 0.05) is 5.02 Å². The lowest BCUT2D eigenvalue weighted by atomic mass is 10.1. The summed E-state index contributed by atoms with van der Waals surface area (Å²) < 4.78 is 0. The van der Waals surface area contributed by atoms with Gasteiger partial charge in [0.1, 0.15) is 0 Å². The van der Waals surface area contributed by atoms with E-state index >= 15 is 0 Å². The van der Waals surface area contributed by atoms with Crippen LogP contribution < -0.4 is 5.32 Å². The van der Waals surface area contributed by atoms with Gasteiger partial charge < -0.3 is 5.32 Å². The molecule has 0 radical (unpaired) electrons. The van der Waals surface area contributed by atoms with Gasteiger partial charge in [-0.3, -0.25) is 0 Å². The fourth-order valence-corrected chi connectivity index (χ4v) is 2.17. The van der Waals surface area contributed by atoms with Crippen LogP contribution in [0.25, 0.3) is 0 Å². The molecule has 0 amide bonds. The Bertz CT molecular complexity index is 298. The summed E-state index contributed by atoms with van der Waals surface area (Å²) in [7, 11) is 2.00. The summed E-state index contributed by atoms with van der Waals surface area (Å²) in [6.45, 7) is 1.11. The number of halogens is 1. The zero-order chi connectivity index (χ0) is 9.26. The Morgan fingerprint density at radius 2 is 2.23 bits per heavy atom. The molecular weight excluding hydrogens is 182 g/mol. The smallest absolute Gasteiger partial charge is 0.0440 e. The van der Waals surface area contributed by atoms with Gasteiger partial charge in [-0.1, -0.05) is 29.8 Å². The zero-order valence-corrected chi connectivity index (χ0v) is 8.51. The van der Waals surface area contributed by atoms with Gasteiger partial charge in [-0.05, 0) is 43.5 Å². The predicted molar refractivity (Wildman–Crippen MR) is 56.2 cm³/mol. The first-order chi connectivity index (χ1) is 6.33. The molecule has 0 bridgehead atoms. The first-order valence-electron chi connectivity index (χ1n) is 4.72. The molecule has 0 spiro atoms. The second-order valence-corrected chi connectivity index (χ2v) is 4.09. The van der Waals surface area contributed by atoms with Crippen LogP contribution in [0, 0.1) is 5.92 Å².